The highest BCUT2D eigenvalue weighted by atomic mass is 32.1. The first-order chi connectivity index (χ1) is 11.1. The minimum atomic E-state index is -0.320. The van der Waals surface area contributed by atoms with Gasteiger partial charge in [-0.2, -0.15) is 0 Å². The number of nitrogens with one attached hydrogen (secondary N) is 1. The Bertz CT molecular complexity index is 507. The van der Waals surface area contributed by atoms with Gasteiger partial charge in [0.1, 0.15) is 5.00 Å². The number of ether oxygens (including phenoxy) is 1. The molecule has 130 valence electrons. The molecule has 4 nitrogen and oxygen atoms in total. The Hall–Kier alpha value is -1.14. The summed E-state index contributed by atoms with van der Waals surface area (Å²) < 4.78 is 4.88. The maximum Gasteiger partial charge on any atom is 0.340 e. The standard InChI is InChI=1S/C17H28N2O2S2/c1-5-8-10-19(11-9-6-2)17(22)18-15-14(16(20)21-4)12-13(7-3)23-15/h12H,5-11H2,1-4H3,(H,18,22). The van der Waals surface area contributed by atoms with E-state index in [-0.39, 0.29) is 5.97 Å². The SMILES string of the molecule is CCCCN(CCCC)C(=S)Nc1sc(CC)cc1C(=O)OC. The first-order valence-electron chi connectivity index (χ1n) is 8.34. The molecular weight excluding hydrogens is 328 g/mol. The molecule has 0 spiro atoms. The van der Waals surface area contributed by atoms with Gasteiger partial charge in [0, 0.05) is 18.0 Å². The molecule has 0 unspecified atom stereocenters. The van der Waals surface area contributed by atoms with Crippen molar-refractivity contribution in [1.82, 2.24) is 4.90 Å². The van der Waals surface area contributed by atoms with E-state index in [0.29, 0.717) is 10.7 Å². The largest absolute Gasteiger partial charge is 0.465 e. The van der Waals surface area contributed by atoms with Crippen molar-refractivity contribution in [2.24, 2.45) is 0 Å². The fourth-order valence-corrected chi connectivity index (χ4v) is 3.49. The third-order valence-corrected chi connectivity index (χ3v) is 5.16. The molecule has 23 heavy (non-hydrogen) atoms. The van der Waals surface area contributed by atoms with Crippen molar-refractivity contribution in [3.05, 3.63) is 16.5 Å². The zero-order valence-corrected chi connectivity index (χ0v) is 16.2. The van der Waals surface area contributed by atoms with Gasteiger partial charge in [-0.3, -0.25) is 0 Å². The lowest BCUT2D eigenvalue weighted by atomic mass is 10.2. The average Bonchev–Trinajstić information content (AvgIpc) is 2.97. The summed E-state index contributed by atoms with van der Waals surface area (Å²) in [5.74, 6) is -0.320. The number of nitrogens with zero attached hydrogens (tertiary/aromatic N) is 1. The number of anilines is 1. The maximum absolute atomic E-state index is 11.9. The number of carbonyl (C=O) groups is 1. The van der Waals surface area contributed by atoms with Crippen molar-refractivity contribution in [2.75, 3.05) is 25.5 Å². The molecule has 1 rings (SSSR count). The number of unbranched alkanes of at least 4 members (excludes halogenated alkanes) is 2. The highest BCUT2D eigenvalue weighted by molar-refractivity contribution is 7.80. The summed E-state index contributed by atoms with van der Waals surface area (Å²) in [6, 6.07) is 1.89. The third kappa shape index (κ3) is 6.11. The number of thiophene rings is 1. The highest BCUT2D eigenvalue weighted by Gasteiger charge is 2.18. The van der Waals surface area contributed by atoms with E-state index in [1.54, 1.807) is 11.3 Å². The molecule has 0 saturated heterocycles. The number of aryl methyl sites for hydroxylation is 1. The summed E-state index contributed by atoms with van der Waals surface area (Å²) >= 11 is 7.15. The molecule has 0 aliphatic carbocycles. The van der Waals surface area contributed by atoms with Crippen LogP contribution in [0.4, 0.5) is 5.00 Å². The van der Waals surface area contributed by atoms with Crippen LogP contribution in [0.2, 0.25) is 0 Å². The van der Waals surface area contributed by atoms with Crippen LogP contribution in [-0.4, -0.2) is 36.2 Å². The summed E-state index contributed by atoms with van der Waals surface area (Å²) in [6.45, 7) is 8.32. The zero-order chi connectivity index (χ0) is 17.2. The van der Waals surface area contributed by atoms with Crippen molar-refractivity contribution in [1.29, 1.82) is 0 Å². The van der Waals surface area contributed by atoms with Crippen LogP contribution in [0.3, 0.4) is 0 Å². The van der Waals surface area contributed by atoms with E-state index in [1.807, 2.05) is 6.07 Å². The quantitative estimate of drug-likeness (QED) is 0.513. The number of hydrogen-bond donors (Lipinski definition) is 1. The number of methoxy groups -OCH3 is 1. The van der Waals surface area contributed by atoms with Gasteiger partial charge < -0.3 is 15.0 Å². The minimum Gasteiger partial charge on any atom is -0.465 e. The van der Waals surface area contributed by atoms with Gasteiger partial charge in [0.05, 0.1) is 12.7 Å². The topological polar surface area (TPSA) is 41.6 Å². The third-order valence-electron chi connectivity index (χ3n) is 3.61. The van der Waals surface area contributed by atoms with E-state index in [2.05, 4.69) is 31.0 Å². The van der Waals surface area contributed by atoms with E-state index in [0.717, 1.165) is 55.1 Å². The Morgan fingerprint density at radius 1 is 1.26 bits per heavy atom. The van der Waals surface area contributed by atoms with Crippen LogP contribution in [0.5, 0.6) is 0 Å². The normalized spacial score (nSPS) is 10.4. The molecule has 0 amide bonds. The molecule has 1 aromatic rings. The Morgan fingerprint density at radius 2 is 1.87 bits per heavy atom. The Kier molecular flexibility index (Phi) is 9.17. The van der Waals surface area contributed by atoms with Crippen LogP contribution in [0.15, 0.2) is 6.07 Å². The minimum absolute atomic E-state index is 0.320. The Labute approximate surface area is 149 Å². The number of thiocarbonyl (C=S) groups is 1. The van der Waals surface area contributed by atoms with Gasteiger partial charge in [-0.1, -0.05) is 33.6 Å². The van der Waals surface area contributed by atoms with E-state index in [9.17, 15) is 4.79 Å². The molecule has 0 radical (unpaired) electrons. The highest BCUT2D eigenvalue weighted by Crippen LogP contribution is 2.29. The predicted octanol–water partition coefficient (Wildman–Crippen LogP) is 4.70. The van der Waals surface area contributed by atoms with Gasteiger partial charge in [0.2, 0.25) is 0 Å². The smallest absolute Gasteiger partial charge is 0.340 e. The molecular formula is C17H28N2O2S2. The molecule has 0 atom stereocenters. The van der Waals surface area contributed by atoms with E-state index >= 15 is 0 Å². The molecule has 1 aromatic heterocycles. The van der Waals surface area contributed by atoms with Gasteiger partial charge in [0.25, 0.3) is 0 Å². The van der Waals surface area contributed by atoms with Crippen molar-refractivity contribution >= 4 is 39.6 Å². The van der Waals surface area contributed by atoms with E-state index in [4.69, 9.17) is 17.0 Å². The van der Waals surface area contributed by atoms with Crippen LogP contribution >= 0.6 is 23.6 Å². The van der Waals surface area contributed by atoms with Gasteiger partial charge in [-0.15, -0.1) is 11.3 Å². The zero-order valence-electron chi connectivity index (χ0n) is 14.6. The summed E-state index contributed by atoms with van der Waals surface area (Å²) in [4.78, 5) is 15.3. The number of hydrogen-bond acceptors (Lipinski definition) is 4. The summed E-state index contributed by atoms with van der Waals surface area (Å²) in [5.41, 5.74) is 0.572. The predicted molar refractivity (Wildman–Crippen MR) is 103 cm³/mol. The molecule has 0 saturated carbocycles. The van der Waals surface area contributed by atoms with E-state index in [1.165, 1.54) is 7.11 Å². The molecule has 0 fully saturated rings. The van der Waals surface area contributed by atoms with Crippen LogP contribution in [0, 0.1) is 0 Å². The molecule has 0 aromatic carbocycles. The molecule has 0 bridgehead atoms. The van der Waals surface area contributed by atoms with Crippen molar-refractivity contribution < 1.29 is 9.53 Å². The van der Waals surface area contributed by atoms with Crippen molar-refractivity contribution in [2.45, 2.75) is 52.9 Å². The second kappa shape index (κ2) is 10.6. The van der Waals surface area contributed by atoms with Gasteiger partial charge in [-0.05, 0) is 37.5 Å². The Morgan fingerprint density at radius 3 is 2.35 bits per heavy atom. The van der Waals surface area contributed by atoms with Gasteiger partial charge >= 0.3 is 5.97 Å². The van der Waals surface area contributed by atoms with Crippen LogP contribution in [0.1, 0.15) is 61.7 Å². The van der Waals surface area contributed by atoms with Crippen LogP contribution in [-0.2, 0) is 11.2 Å². The van der Waals surface area contributed by atoms with Gasteiger partial charge in [-0.25, -0.2) is 4.79 Å². The summed E-state index contributed by atoms with van der Waals surface area (Å²) in [5, 5.41) is 4.76. The molecule has 0 aliphatic heterocycles. The lowest BCUT2D eigenvalue weighted by Crippen LogP contribution is -2.36. The monoisotopic (exact) mass is 356 g/mol. The second-order valence-corrected chi connectivity index (χ2v) is 6.95. The van der Waals surface area contributed by atoms with Crippen molar-refractivity contribution in [3.8, 4) is 0 Å². The molecule has 0 aliphatic rings. The van der Waals surface area contributed by atoms with E-state index < -0.39 is 0 Å². The fraction of sp³-hybridized carbons (Fsp3) is 0.647. The lowest BCUT2D eigenvalue weighted by molar-refractivity contribution is 0.0602. The van der Waals surface area contributed by atoms with Crippen molar-refractivity contribution in [3.63, 3.8) is 0 Å². The Balaban J connectivity index is 2.87. The fourth-order valence-electron chi connectivity index (χ4n) is 2.16. The molecule has 1 heterocycles. The number of rotatable bonds is 9. The number of esters is 1. The summed E-state index contributed by atoms with van der Waals surface area (Å²) in [7, 11) is 1.41. The first kappa shape index (κ1) is 19.9. The number of carbonyl (C=O) groups excluding carboxylic acids is 1. The molecule has 1 N–H and O–H groups in total. The second-order valence-electron chi connectivity index (χ2n) is 5.42. The molecule has 6 heteroatoms. The summed E-state index contributed by atoms with van der Waals surface area (Å²) in [6.07, 6.45) is 5.38. The average molecular weight is 357 g/mol. The van der Waals surface area contributed by atoms with Crippen LogP contribution < -0.4 is 5.32 Å². The van der Waals surface area contributed by atoms with Gasteiger partial charge in [0.15, 0.2) is 5.11 Å². The first-order valence-corrected chi connectivity index (χ1v) is 9.56. The maximum atomic E-state index is 11.9. The van der Waals surface area contributed by atoms with Crippen LogP contribution in [0.25, 0.3) is 0 Å². The lowest BCUT2D eigenvalue weighted by Gasteiger charge is -2.25.